The first-order valence-electron chi connectivity index (χ1n) is 2.87. The van der Waals surface area contributed by atoms with Gasteiger partial charge in [-0.2, -0.15) is 4.58 Å². The molecule has 0 fully saturated rings. The molecule has 0 aromatic rings. The van der Waals surface area contributed by atoms with Crippen LogP contribution in [0.1, 0.15) is 6.92 Å². The van der Waals surface area contributed by atoms with Crippen LogP contribution in [0.15, 0.2) is 4.99 Å². The van der Waals surface area contributed by atoms with Crippen LogP contribution in [0, 0.1) is 10.1 Å². The number of hydrogen-bond acceptors (Lipinski definition) is 3. The molecule has 1 aliphatic heterocycles. The van der Waals surface area contributed by atoms with Gasteiger partial charge in [0.1, 0.15) is 0 Å². The summed E-state index contributed by atoms with van der Waals surface area (Å²) < 4.78 is 1.51. The number of aliphatic imine (C=N–C) groups is 1. The van der Waals surface area contributed by atoms with E-state index in [4.69, 9.17) is 0 Å². The standard InChI is InChI=1S/C5H8N3O2/c1-4-6-3-5(7(4)2)8(9)10/h3,5H,1-2H3/q+1. The maximum Gasteiger partial charge on any atom is 0.405 e. The Balaban J connectivity index is 2.88. The molecular weight excluding hydrogens is 134 g/mol. The summed E-state index contributed by atoms with van der Waals surface area (Å²) in [6.07, 6.45) is 0.565. The molecule has 5 heteroatoms. The summed E-state index contributed by atoms with van der Waals surface area (Å²) in [6, 6.07) is 0. The lowest BCUT2D eigenvalue weighted by Gasteiger charge is -1.95. The van der Waals surface area contributed by atoms with Crippen LogP contribution in [-0.2, 0) is 0 Å². The molecule has 0 aliphatic carbocycles. The third-order valence-corrected chi connectivity index (χ3v) is 1.52. The molecule has 1 aliphatic rings. The lowest BCUT2D eigenvalue weighted by Crippen LogP contribution is -2.30. The molecule has 5 nitrogen and oxygen atoms in total. The molecule has 0 saturated carbocycles. The van der Waals surface area contributed by atoms with Crippen molar-refractivity contribution in [2.24, 2.45) is 4.99 Å². The molecule has 0 radical (unpaired) electrons. The summed E-state index contributed by atoms with van der Waals surface area (Å²) in [5.41, 5.74) is 0. The zero-order chi connectivity index (χ0) is 7.72. The normalized spacial score (nSPS) is 24.0. The number of hydrogen-bond donors (Lipinski definition) is 0. The van der Waals surface area contributed by atoms with Gasteiger partial charge in [0.15, 0.2) is 0 Å². The molecule has 0 spiro atoms. The number of nitro groups is 1. The molecule has 0 saturated heterocycles. The molecule has 0 bridgehead atoms. The third-order valence-electron chi connectivity index (χ3n) is 1.52. The van der Waals surface area contributed by atoms with Gasteiger partial charge in [-0.25, -0.2) is 0 Å². The van der Waals surface area contributed by atoms with Crippen LogP contribution >= 0.6 is 0 Å². The van der Waals surface area contributed by atoms with E-state index in [1.54, 1.807) is 14.0 Å². The first kappa shape index (κ1) is 6.85. The van der Waals surface area contributed by atoms with Crippen molar-refractivity contribution in [3.8, 4) is 0 Å². The van der Waals surface area contributed by atoms with E-state index in [0.717, 1.165) is 0 Å². The Labute approximate surface area is 57.8 Å². The van der Waals surface area contributed by atoms with E-state index in [2.05, 4.69) is 4.99 Å². The van der Waals surface area contributed by atoms with E-state index in [1.165, 1.54) is 10.8 Å². The summed E-state index contributed by atoms with van der Waals surface area (Å²) in [4.78, 5) is 13.6. The van der Waals surface area contributed by atoms with Gasteiger partial charge in [0.25, 0.3) is 5.84 Å². The van der Waals surface area contributed by atoms with Crippen LogP contribution in [0.2, 0.25) is 0 Å². The van der Waals surface area contributed by atoms with E-state index in [0.29, 0.717) is 5.84 Å². The van der Waals surface area contributed by atoms with Crippen LogP contribution in [0.3, 0.4) is 0 Å². The Hall–Kier alpha value is -1.26. The largest absolute Gasteiger partial charge is 0.405 e. The molecule has 1 heterocycles. The highest BCUT2D eigenvalue weighted by Crippen LogP contribution is 1.96. The minimum Gasteiger partial charge on any atom is -0.260 e. The highest BCUT2D eigenvalue weighted by atomic mass is 16.6. The van der Waals surface area contributed by atoms with Crippen LogP contribution in [-0.4, -0.2) is 34.8 Å². The fourth-order valence-electron chi connectivity index (χ4n) is 0.753. The Bertz CT molecular complexity index is 231. The van der Waals surface area contributed by atoms with Gasteiger partial charge in [-0.05, 0) is 4.99 Å². The van der Waals surface area contributed by atoms with E-state index >= 15 is 0 Å². The summed E-state index contributed by atoms with van der Waals surface area (Å²) in [6.45, 7) is 1.74. The maximum absolute atomic E-state index is 10.2. The highest BCUT2D eigenvalue weighted by Gasteiger charge is 2.32. The summed E-state index contributed by atoms with van der Waals surface area (Å²) >= 11 is 0. The van der Waals surface area contributed by atoms with Gasteiger partial charge in [0, 0.05) is 6.92 Å². The van der Waals surface area contributed by atoms with Crippen molar-refractivity contribution in [2.75, 3.05) is 7.05 Å². The molecule has 54 valence electrons. The van der Waals surface area contributed by atoms with Crippen molar-refractivity contribution in [3.05, 3.63) is 10.1 Å². The monoisotopic (exact) mass is 142 g/mol. The molecule has 0 aromatic heterocycles. The van der Waals surface area contributed by atoms with E-state index in [-0.39, 0.29) is 4.92 Å². The lowest BCUT2D eigenvalue weighted by atomic mass is 10.5. The van der Waals surface area contributed by atoms with Crippen molar-refractivity contribution in [1.29, 1.82) is 0 Å². The average molecular weight is 142 g/mol. The minimum absolute atomic E-state index is 0.375. The predicted octanol–water partition coefficient (Wildman–Crippen LogP) is -0.266. The number of amidine groups is 1. The summed E-state index contributed by atoms with van der Waals surface area (Å²) in [5.74, 6) is 0.682. The zero-order valence-corrected chi connectivity index (χ0v) is 5.81. The van der Waals surface area contributed by atoms with E-state index in [9.17, 15) is 10.1 Å². The Morgan fingerprint density at radius 2 is 2.50 bits per heavy atom. The number of nitrogens with zero attached hydrogens (tertiary/aromatic N) is 3. The fourth-order valence-corrected chi connectivity index (χ4v) is 0.753. The van der Waals surface area contributed by atoms with Crippen molar-refractivity contribution >= 4 is 12.1 Å². The predicted molar refractivity (Wildman–Crippen MR) is 36.1 cm³/mol. The van der Waals surface area contributed by atoms with Crippen molar-refractivity contribution in [1.82, 2.24) is 0 Å². The lowest BCUT2D eigenvalue weighted by molar-refractivity contribution is -0.722. The van der Waals surface area contributed by atoms with Gasteiger partial charge in [-0.1, -0.05) is 0 Å². The molecule has 1 atom stereocenters. The fraction of sp³-hybridized carbons (Fsp3) is 0.600. The van der Waals surface area contributed by atoms with E-state index < -0.39 is 6.17 Å². The van der Waals surface area contributed by atoms with Crippen LogP contribution in [0.25, 0.3) is 0 Å². The average Bonchev–Trinajstić information content (AvgIpc) is 2.14. The Morgan fingerprint density at radius 3 is 2.70 bits per heavy atom. The summed E-state index contributed by atoms with van der Waals surface area (Å²) in [7, 11) is 1.65. The first-order chi connectivity index (χ1) is 4.63. The topological polar surface area (TPSA) is 58.5 Å². The van der Waals surface area contributed by atoms with E-state index in [1.807, 2.05) is 0 Å². The molecule has 1 rings (SSSR count). The highest BCUT2D eigenvalue weighted by molar-refractivity contribution is 5.88. The minimum atomic E-state index is -0.764. The van der Waals surface area contributed by atoms with Gasteiger partial charge in [0.2, 0.25) is 6.21 Å². The molecule has 0 amide bonds. The quantitative estimate of drug-likeness (QED) is 0.287. The van der Waals surface area contributed by atoms with Crippen molar-refractivity contribution in [2.45, 2.75) is 13.1 Å². The van der Waals surface area contributed by atoms with Gasteiger partial charge in [-0.15, -0.1) is 0 Å². The first-order valence-corrected chi connectivity index (χ1v) is 2.87. The van der Waals surface area contributed by atoms with Gasteiger partial charge >= 0.3 is 6.17 Å². The second kappa shape index (κ2) is 2.17. The van der Waals surface area contributed by atoms with Crippen molar-refractivity contribution in [3.63, 3.8) is 0 Å². The Kier molecular flexibility index (Phi) is 1.48. The Morgan fingerprint density at radius 1 is 1.90 bits per heavy atom. The van der Waals surface area contributed by atoms with Crippen molar-refractivity contribution < 1.29 is 9.50 Å². The molecule has 0 N–H and O–H groups in total. The zero-order valence-electron chi connectivity index (χ0n) is 5.81. The van der Waals surface area contributed by atoms with Crippen LogP contribution in [0.4, 0.5) is 0 Å². The van der Waals surface area contributed by atoms with Gasteiger partial charge in [-0.3, -0.25) is 10.1 Å². The van der Waals surface area contributed by atoms with Gasteiger partial charge < -0.3 is 0 Å². The van der Waals surface area contributed by atoms with Crippen LogP contribution in [0.5, 0.6) is 0 Å². The van der Waals surface area contributed by atoms with Gasteiger partial charge in [0.05, 0.1) is 12.0 Å². The maximum atomic E-state index is 10.2. The molecule has 0 aromatic carbocycles. The van der Waals surface area contributed by atoms with Crippen LogP contribution < -0.4 is 0 Å². The summed E-state index contributed by atoms with van der Waals surface area (Å²) in [5, 5.41) is 10.2. The second-order valence-corrected chi connectivity index (χ2v) is 2.14. The molecule has 10 heavy (non-hydrogen) atoms. The third kappa shape index (κ3) is 0.896. The molecule has 1 unspecified atom stereocenters. The second-order valence-electron chi connectivity index (χ2n) is 2.14. The SMILES string of the molecule is CC1=[N+](C)C([N+](=O)[O-])C=N1. The molecular formula is C5H8N3O2+. The smallest absolute Gasteiger partial charge is 0.260 e. The number of rotatable bonds is 1.